The Balaban J connectivity index is 2.18. The molecule has 2 aliphatic heterocycles. The molecule has 0 amide bonds. The van der Waals surface area contributed by atoms with Crippen molar-refractivity contribution >= 4 is 19.9 Å². The standard InChI is InChI=1S/C10H20N2O4S2/c1-2-3-6-18(15,16)12-5-4-11-9-7-17(13,14)8-10(9)12/h9-11H,2-8H2,1H3/t9-,10+/m0/s1. The molecule has 2 atom stereocenters. The molecule has 0 aromatic rings. The summed E-state index contributed by atoms with van der Waals surface area (Å²) in [7, 11) is -6.43. The normalized spacial score (nSPS) is 32.3. The van der Waals surface area contributed by atoms with Crippen LogP contribution in [-0.2, 0) is 19.9 Å². The molecular weight excluding hydrogens is 276 g/mol. The van der Waals surface area contributed by atoms with Gasteiger partial charge in [0.2, 0.25) is 10.0 Å². The number of sulfone groups is 1. The monoisotopic (exact) mass is 296 g/mol. The Morgan fingerprint density at radius 2 is 2.06 bits per heavy atom. The lowest BCUT2D eigenvalue weighted by Gasteiger charge is -2.36. The second-order valence-electron chi connectivity index (χ2n) is 4.99. The molecule has 0 aromatic heterocycles. The van der Waals surface area contributed by atoms with Crippen LogP contribution in [0.3, 0.4) is 0 Å². The second kappa shape index (κ2) is 5.07. The van der Waals surface area contributed by atoms with Crippen LogP contribution in [0.25, 0.3) is 0 Å². The number of rotatable bonds is 4. The zero-order chi connectivity index (χ0) is 13.4. The van der Waals surface area contributed by atoms with Crippen molar-refractivity contribution in [3.63, 3.8) is 0 Å². The third-order valence-corrected chi connectivity index (χ3v) is 7.23. The van der Waals surface area contributed by atoms with Crippen LogP contribution in [0, 0.1) is 0 Å². The van der Waals surface area contributed by atoms with Crippen molar-refractivity contribution in [1.82, 2.24) is 9.62 Å². The van der Waals surface area contributed by atoms with Crippen LogP contribution in [-0.4, -0.2) is 63.6 Å². The van der Waals surface area contributed by atoms with E-state index in [1.165, 1.54) is 4.31 Å². The minimum atomic E-state index is -3.32. The first kappa shape index (κ1) is 14.2. The van der Waals surface area contributed by atoms with E-state index in [4.69, 9.17) is 0 Å². The number of piperazine rings is 1. The van der Waals surface area contributed by atoms with Crippen molar-refractivity contribution in [2.45, 2.75) is 31.8 Å². The predicted molar refractivity (Wildman–Crippen MR) is 69.6 cm³/mol. The van der Waals surface area contributed by atoms with Crippen LogP contribution >= 0.6 is 0 Å². The zero-order valence-corrected chi connectivity index (χ0v) is 12.1. The lowest BCUT2D eigenvalue weighted by atomic mass is 10.1. The third kappa shape index (κ3) is 2.87. The highest BCUT2D eigenvalue weighted by molar-refractivity contribution is 7.92. The fraction of sp³-hybridized carbons (Fsp3) is 1.00. The Labute approximate surface area is 109 Å². The molecule has 0 unspecified atom stereocenters. The van der Waals surface area contributed by atoms with Gasteiger partial charge in [-0.25, -0.2) is 16.8 Å². The molecule has 2 aliphatic rings. The molecule has 0 aliphatic carbocycles. The number of nitrogens with one attached hydrogen (secondary N) is 1. The van der Waals surface area contributed by atoms with Crippen molar-refractivity contribution in [2.75, 3.05) is 30.3 Å². The van der Waals surface area contributed by atoms with Gasteiger partial charge in [-0.2, -0.15) is 4.31 Å². The highest BCUT2D eigenvalue weighted by Crippen LogP contribution is 2.24. The first-order valence-electron chi connectivity index (χ1n) is 6.29. The van der Waals surface area contributed by atoms with E-state index in [1.54, 1.807) is 0 Å². The predicted octanol–water partition coefficient (Wildman–Crippen LogP) is -0.813. The molecule has 0 spiro atoms. The number of hydrogen-bond donors (Lipinski definition) is 1. The topological polar surface area (TPSA) is 83.6 Å². The average Bonchev–Trinajstić information content (AvgIpc) is 2.59. The summed E-state index contributed by atoms with van der Waals surface area (Å²) in [6.07, 6.45) is 1.44. The van der Waals surface area contributed by atoms with E-state index in [-0.39, 0.29) is 23.3 Å². The molecule has 2 heterocycles. The zero-order valence-electron chi connectivity index (χ0n) is 10.5. The first-order valence-corrected chi connectivity index (χ1v) is 9.72. The van der Waals surface area contributed by atoms with E-state index in [2.05, 4.69) is 5.32 Å². The maximum absolute atomic E-state index is 12.2. The van der Waals surface area contributed by atoms with Gasteiger partial charge < -0.3 is 5.32 Å². The molecule has 0 radical (unpaired) electrons. The summed E-state index contributed by atoms with van der Waals surface area (Å²) in [5, 5.41) is 3.11. The van der Waals surface area contributed by atoms with Gasteiger partial charge in [-0.15, -0.1) is 0 Å². The highest BCUT2D eigenvalue weighted by atomic mass is 32.2. The molecule has 106 valence electrons. The van der Waals surface area contributed by atoms with Crippen molar-refractivity contribution in [3.8, 4) is 0 Å². The summed E-state index contributed by atoms with van der Waals surface area (Å²) in [5.74, 6) is 0.125. The molecule has 1 N–H and O–H groups in total. The van der Waals surface area contributed by atoms with E-state index in [1.807, 2.05) is 6.92 Å². The molecule has 2 rings (SSSR count). The average molecular weight is 296 g/mol. The van der Waals surface area contributed by atoms with E-state index in [0.29, 0.717) is 19.5 Å². The van der Waals surface area contributed by atoms with Gasteiger partial charge in [-0.05, 0) is 6.42 Å². The first-order chi connectivity index (χ1) is 8.36. The Bertz CT molecular complexity index is 500. The Morgan fingerprint density at radius 3 is 2.72 bits per heavy atom. The van der Waals surface area contributed by atoms with Gasteiger partial charge in [0, 0.05) is 19.1 Å². The van der Waals surface area contributed by atoms with Gasteiger partial charge in [0.05, 0.1) is 23.3 Å². The van der Waals surface area contributed by atoms with Crippen molar-refractivity contribution in [1.29, 1.82) is 0 Å². The van der Waals surface area contributed by atoms with Gasteiger partial charge in [0.1, 0.15) is 0 Å². The van der Waals surface area contributed by atoms with Crippen LogP contribution in [0.2, 0.25) is 0 Å². The van der Waals surface area contributed by atoms with Gasteiger partial charge >= 0.3 is 0 Å². The maximum Gasteiger partial charge on any atom is 0.214 e. The SMILES string of the molecule is CCCCS(=O)(=O)N1CCN[C@H]2CS(=O)(=O)C[C@H]21. The molecule has 0 saturated carbocycles. The van der Waals surface area contributed by atoms with Crippen LogP contribution in [0.15, 0.2) is 0 Å². The minimum absolute atomic E-state index is 0.0456. The maximum atomic E-state index is 12.2. The van der Waals surface area contributed by atoms with Crippen LogP contribution in [0.1, 0.15) is 19.8 Å². The molecule has 18 heavy (non-hydrogen) atoms. The van der Waals surface area contributed by atoms with Gasteiger partial charge in [-0.3, -0.25) is 0 Å². The van der Waals surface area contributed by atoms with Crippen LogP contribution in [0.5, 0.6) is 0 Å². The van der Waals surface area contributed by atoms with E-state index in [0.717, 1.165) is 6.42 Å². The number of unbranched alkanes of at least 4 members (excludes halogenated alkanes) is 1. The third-order valence-electron chi connectivity index (χ3n) is 3.54. The Morgan fingerprint density at radius 1 is 1.33 bits per heavy atom. The molecule has 2 saturated heterocycles. The van der Waals surface area contributed by atoms with E-state index in [9.17, 15) is 16.8 Å². The number of sulfonamides is 1. The fourth-order valence-electron chi connectivity index (χ4n) is 2.62. The summed E-state index contributed by atoms with van der Waals surface area (Å²) < 4.78 is 49.1. The number of nitrogens with zero attached hydrogens (tertiary/aromatic N) is 1. The Hall–Kier alpha value is -0.180. The highest BCUT2D eigenvalue weighted by Gasteiger charge is 2.46. The smallest absolute Gasteiger partial charge is 0.214 e. The number of hydrogen-bond acceptors (Lipinski definition) is 5. The van der Waals surface area contributed by atoms with Crippen molar-refractivity contribution in [2.24, 2.45) is 0 Å². The number of fused-ring (bicyclic) bond motifs is 1. The lowest BCUT2D eigenvalue weighted by Crippen LogP contribution is -2.59. The summed E-state index contributed by atoms with van der Waals surface area (Å²) >= 11 is 0. The van der Waals surface area contributed by atoms with Gasteiger partial charge in [0.15, 0.2) is 9.84 Å². The van der Waals surface area contributed by atoms with Crippen LogP contribution in [0.4, 0.5) is 0 Å². The van der Waals surface area contributed by atoms with Crippen LogP contribution < -0.4 is 5.32 Å². The molecule has 8 heteroatoms. The molecule has 0 bridgehead atoms. The molecule has 0 aromatic carbocycles. The van der Waals surface area contributed by atoms with E-state index < -0.39 is 25.9 Å². The lowest BCUT2D eigenvalue weighted by molar-refractivity contribution is 0.246. The fourth-order valence-corrected chi connectivity index (χ4v) is 6.56. The molecule has 6 nitrogen and oxygen atoms in total. The summed E-state index contributed by atoms with van der Waals surface area (Å²) in [6, 6.07) is -0.647. The summed E-state index contributed by atoms with van der Waals surface area (Å²) in [6.45, 7) is 2.85. The largest absolute Gasteiger partial charge is 0.310 e. The van der Waals surface area contributed by atoms with Crippen molar-refractivity contribution in [3.05, 3.63) is 0 Å². The second-order valence-corrected chi connectivity index (χ2v) is 9.18. The quantitative estimate of drug-likeness (QED) is 0.733. The van der Waals surface area contributed by atoms with Gasteiger partial charge in [-0.1, -0.05) is 13.3 Å². The Kier molecular flexibility index (Phi) is 4.01. The van der Waals surface area contributed by atoms with Gasteiger partial charge in [0.25, 0.3) is 0 Å². The molecule has 2 fully saturated rings. The van der Waals surface area contributed by atoms with Crippen molar-refractivity contribution < 1.29 is 16.8 Å². The summed E-state index contributed by atoms with van der Waals surface area (Å²) in [5.41, 5.74) is 0. The summed E-state index contributed by atoms with van der Waals surface area (Å²) in [4.78, 5) is 0. The minimum Gasteiger partial charge on any atom is -0.310 e. The van der Waals surface area contributed by atoms with E-state index >= 15 is 0 Å². The molecular formula is C10H20N2O4S2.